The fourth-order valence-electron chi connectivity index (χ4n) is 2.38. The molecule has 2 rings (SSSR count). The Morgan fingerprint density at radius 3 is 2.19 bits per heavy atom. The predicted molar refractivity (Wildman–Crippen MR) is 85.8 cm³/mol. The van der Waals surface area contributed by atoms with Crippen molar-refractivity contribution in [2.75, 3.05) is 6.61 Å². The van der Waals surface area contributed by atoms with Crippen molar-refractivity contribution >= 4 is 0 Å². The Balaban J connectivity index is 2.15. The molecule has 0 atom stereocenters. The number of nitrogens with two attached hydrogens (primary N) is 1. The van der Waals surface area contributed by atoms with Crippen LogP contribution in [0.3, 0.4) is 0 Å². The molecule has 3 nitrogen and oxygen atoms in total. The quantitative estimate of drug-likeness (QED) is 0.879. The van der Waals surface area contributed by atoms with E-state index in [4.69, 9.17) is 15.2 Å². The van der Waals surface area contributed by atoms with Crippen molar-refractivity contribution in [3.05, 3.63) is 58.7 Å². The molecular formula is C18H23NO2. The second-order valence-electron chi connectivity index (χ2n) is 5.20. The molecule has 21 heavy (non-hydrogen) atoms. The van der Waals surface area contributed by atoms with Gasteiger partial charge in [0, 0.05) is 6.54 Å². The average molecular weight is 285 g/mol. The normalized spacial score (nSPS) is 10.5. The molecule has 0 saturated heterocycles. The van der Waals surface area contributed by atoms with Crippen LogP contribution in [0.4, 0.5) is 0 Å². The number of hydrogen-bond acceptors (Lipinski definition) is 3. The fourth-order valence-corrected chi connectivity index (χ4v) is 2.38. The lowest BCUT2D eigenvalue weighted by Crippen LogP contribution is -2.02. The summed E-state index contributed by atoms with van der Waals surface area (Å²) in [7, 11) is 0. The SMILES string of the molecule is CCOc1cc(CN)ccc1OCc1cc(C)cc(C)c1. The molecule has 3 heteroatoms. The van der Waals surface area contributed by atoms with E-state index in [0.29, 0.717) is 19.8 Å². The Bertz CT molecular complexity index is 588. The first kappa shape index (κ1) is 15.4. The van der Waals surface area contributed by atoms with E-state index in [1.807, 2.05) is 25.1 Å². The van der Waals surface area contributed by atoms with Gasteiger partial charge in [0.1, 0.15) is 6.61 Å². The van der Waals surface area contributed by atoms with Gasteiger partial charge in [-0.2, -0.15) is 0 Å². The van der Waals surface area contributed by atoms with E-state index in [-0.39, 0.29) is 0 Å². The number of ether oxygens (including phenoxy) is 2. The van der Waals surface area contributed by atoms with Gasteiger partial charge in [0.25, 0.3) is 0 Å². The average Bonchev–Trinajstić information content (AvgIpc) is 2.45. The lowest BCUT2D eigenvalue weighted by Gasteiger charge is -2.13. The second kappa shape index (κ2) is 7.14. The van der Waals surface area contributed by atoms with Gasteiger partial charge in [-0.25, -0.2) is 0 Å². The summed E-state index contributed by atoms with van der Waals surface area (Å²) >= 11 is 0. The van der Waals surface area contributed by atoms with Crippen LogP contribution < -0.4 is 15.2 Å². The van der Waals surface area contributed by atoms with E-state index < -0.39 is 0 Å². The molecule has 2 aromatic carbocycles. The van der Waals surface area contributed by atoms with Crippen LogP contribution in [-0.2, 0) is 13.2 Å². The minimum atomic E-state index is 0.497. The Hall–Kier alpha value is -2.00. The summed E-state index contributed by atoms with van der Waals surface area (Å²) in [6.07, 6.45) is 0. The minimum Gasteiger partial charge on any atom is -0.490 e. The van der Waals surface area contributed by atoms with Gasteiger partial charge < -0.3 is 15.2 Å². The zero-order valence-corrected chi connectivity index (χ0v) is 13.0. The van der Waals surface area contributed by atoms with Crippen molar-refractivity contribution in [2.45, 2.75) is 33.9 Å². The molecule has 112 valence electrons. The molecule has 0 aliphatic carbocycles. The third-order valence-corrected chi connectivity index (χ3v) is 3.22. The maximum atomic E-state index is 5.92. The van der Waals surface area contributed by atoms with Gasteiger partial charge in [-0.15, -0.1) is 0 Å². The monoisotopic (exact) mass is 285 g/mol. The van der Waals surface area contributed by atoms with Crippen LogP contribution in [0.2, 0.25) is 0 Å². The van der Waals surface area contributed by atoms with Gasteiger partial charge in [0.15, 0.2) is 11.5 Å². The summed E-state index contributed by atoms with van der Waals surface area (Å²) in [5.41, 5.74) is 10.4. The molecule has 0 heterocycles. The highest BCUT2D eigenvalue weighted by Crippen LogP contribution is 2.29. The summed E-state index contributed by atoms with van der Waals surface area (Å²) in [5.74, 6) is 1.51. The van der Waals surface area contributed by atoms with E-state index >= 15 is 0 Å². The van der Waals surface area contributed by atoms with Crippen LogP contribution >= 0.6 is 0 Å². The predicted octanol–water partition coefficient (Wildman–Crippen LogP) is 3.74. The van der Waals surface area contributed by atoms with Crippen LogP contribution in [-0.4, -0.2) is 6.61 Å². The molecule has 0 spiro atoms. The highest BCUT2D eigenvalue weighted by molar-refractivity contribution is 5.43. The van der Waals surface area contributed by atoms with Crippen molar-refractivity contribution in [1.29, 1.82) is 0 Å². The fraction of sp³-hybridized carbons (Fsp3) is 0.333. The Morgan fingerprint density at radius 1 is 0.857 bits per heavy atom. The largest absolute Gasteiger partial charge is 0.490 e. The van der Waals surface area contributed by atoms with Gasteiger partial charge in [-0.3, -0.25) is 0 Å². The lowest BCUT2D eigenvalue weighted by atomic mass is 10.1. The summed E-state index contributed by atoms with van der Waals surface area (Å²) in [4.78, 5) is 0. The molecule has 0 unspecified atom stereocenters. The molecule has 0 radical (unpaired) electrons. The van der Waals surface area contributed by atoms with Gasteiger partial charge >= 0.3 is 0 Å². The van der Waals surface area contributed by atoms with Gasteiger partial charge in [0.05, 0.1) is 6.61 Å². The molecule has 0 aromatic heterocycles. The molecular weight excluding hydrogens is 262 g/mol. The molecule has 0 aliphatic rings. The van der Waals surface area contributed by atoms with E-state index in [0.717, 1.165) is 22.6 Å². The molecule has 0 aliphatic heterocycles. The van der Waals surface area contributed by atoms with E-state index in [1.54, 1.807) is 0 Å². The first-order valence-electron chi connectivity index (χ1n) is 7.28. The van der Waals surface area contributed by atoms with Gasteiger partial charge in [0.2, 0.25) is 0 Å². The van der Waals surface area contributed by atoms with Crippen LogP contribution in [0.1, 0.15) is 29.2 Å². The zero-order valence-electron chi connectivity index (χ0n) is 13.0. The summed E-state index contributed by atoms with van der Waals surface area (Å²) in [6.45, 7) is 7.79. The maximum Gasteiger partial charge on any atom is 0.161 e. The minimum absolute atomic E-state index is 0.497. The van der Waals surface area contributed by atoms with Crippen molar-refractivity contribution in [3.63, 3.8) is 0 Å². The molecule has 0 amide bonds. The number of aryl methyl sites for hydroxylation is 2. The first-order chi connectivity index (χ1) is 10.1. The van der Waals surface area contributed by atoms with E-state index in [1.165, 1.54) is 11.1 Å². The highest BCUT2D eigenvalue weighted by Gasteiger charge is 2.07. The van der Waals surface area contributed by atoms with Crippen LogP contribution in [0.25, 0.3) is 0 Å². The van der Waals surface area contributed by atoms with Crippen LogP contribution in [0.15, 0.2) is 36.4 Å². The third kappa shape index (κ3) is 4.23. The van der Waals surface area contributed by atoms with Gasteiger partial charge in [-0.1, -0.05) is 35.4 Å². The molecule has 2 N–H and O–H groups in total. The standard InChI is InChI=1S/C18H23NO2/c1-4-20-18-10-15(11-19)5-6-17(18)21-12-16-8-13(2)7-14(3)9-16/h5-10H,4,11-12,19H2,1-3H3. The van der Waals surface area contributed by atoms with Crippen molar-refractivity contribution in [3.8, 4) is 11.5 Å². The Morgan fingerprint density at radius 2 is 1.57 bits per heavy atom. The molecule has 0 saturated carbocycles. The molecule has 0 fully saturated rings. The number of benzene rings is 2. The second-order valence-corrected chi connectivity index (χ2v) is 5.20. The van der Waals surface area contributed by atoms with E-state index in [2.05, 4.69) is 32.0 Å². The number of rotatable bonds is 6. The third-order valence-electron chi connectivity index (χ3n) is 3.22. The molecule has 0 bridgehead atoms. The highest BCUT2D eigenvalue weighted by atomic mass is 16.5. The topological polar surface area (TPSA) is 44.5 Å². The Kier molecular flexibility index (Phi) is 5.23. The lowest BCUT2D eigenvalue weighted by molar-refractivity contribution is 0.269. The van der Waals surface area contributed by atoms with Crippen molar-refractivity contribution in [2.24, 2.45) is 5.73 Å². The number of hydrogen-bond donors (Lipinski definition) is 1. The van der Waals surface area contributed by atoms with Crippen molar-refractivity contribution in [1.82, 2.24) is 0 Å². The maximum absolute atomic E-state index is 5.92. The van der Waals surface area contributed by atoms with E-state index in [9.17, 15) is 0 Å². The smallest absolute Gasteiger partial charge is 0.161 e. The molecule has 2 aromatic rings. The van der Waals surface area contributed by atoms with Gasteiger partial charge in [-0.05, 0) is 44.0 Å². The van der Waals surface area contributed by atoms with Crippen LogP contribution in [0, 0.1) is 13.8 Å². The zero-order chi connectivity index (χ0) is 15.2. The first-order valence-corrected chi connectivity index (χ1v) is 7.28. The Labute approximate surface area is 126 Å². The van der Waals surface area contributed by atoms with Crippen LogP contribution in [0.5, 0.6) is 11.5 Å². The summed E-state index contributed by atoms with van der Waals surface area (Å²) < 4.78 is 11.6. The summed E-state index contributed by atoms with van der Waals surface area (Å²) in [5, 5.41) is 0. The van der Waals surface area contributed by atoms with Crippen molar-refractivity contribution < 1.29 is 9.47 Å². The summed E-state index contributed by atoms with van der Waals surface area (Å²) in [6, 6.07) is 12.3.